The third-order valence-corrected chi connectivity index (χ3v) is 4.48. The van der Waals surface area contributed by atoms with Crippen molar-refractivity contribution in [3.8, 4) is 0 Å². The van der Waals surface area contributed by atoms with Gasteiger partial charge in [0.15, 0.2) is 0 Å². The lowest BCUT2D eigenvalue weighted by Crippen LogP contribution is -2.16. The number of hydrogen-bond acceptors (Lipinski definition) is 4. The van der Waals surface area contributed by atoms with E-state index in [4.69, 9.17) is 0 Å². The van der Waals surface area contributed by atoms with E-state index in [-0.39, 0.29) is 11.7 Å². The van der Waals surface area contributed by atoms with Gasteiger partial charge in [0, 0.05) is 29.7 Å². The van der Waals surface area contributed by atoms with E-state index in [2.05, 4.69) is 20.9 Å². The summed E-state index contributed by atoms with van der Waals surface area (Å²) < 4.78 is 14.3. The van der Waals surface area contributed by atoms with Gasteiger partial charge in [-0.15, -0.1) is 0 Å². The van der Waals surface area contributed by atoms with Crippen LogP contribution in [0.3, 0.4) is 0 Å². The smallest absolute Gasteiger partial charge is 0.257 e. The molecule has 0 saturated heterocycles. The molecule has 3 rings (SSSR count). The number of amides is 1. The van der Waals surface area contributed by atoms with Crippen LogP contribution in [0.1, 0.15) is 17.5 Å². The van der Waals surface area contributed by atoms with Crippen LogP contribution in [0.15, 0.2) is 42.6 Å². The van der Waals surface area contributed by atoms with Crippen molar-refractivity contribution < 1.29 is 9.18 Å². The van der Waals surface area contributed by atoms with Crippen LogP contribution >= 0.6 is 0 Å². The first-order valence-electron chi connectivity index (χ1n) is 9.02. The number of benzene rings is 2. The fraction of sp³-hybridized carbons (Fsp3) is 0.286. The average Bonchev–Trinajstić information content (AvgIpc) is 2.94. The number of hydrogen-bond donors (Lipinski definition) is 3. The van der Waals surface area contributed by atoms with Crippen molar-refractivity contribution in [2.75, 3.05) is 43.1 Å². The summed E-state index contributed by atoms with van der Waals surface area (Å²) in [6.45, 7) is 3.62. The van der Waals surface area contributed by atoms with Gasteiger partial charge in [-0.25, -0.2) is 4.39 Å². The molecule has 0 fully saturated rings. The van der Waals surface area contributed by atoms with Gasteiger partial charge in [-0.05, 0) is 63.8 Å². The molecule has 27 heavy (non-hydrogen) atoms. The van der Waals surface area contributed by atoms with Gasteiger partial charge in [-0.1, -0.05) is 12.1 Å². The Morgan fingerprint density at radius 1 is 1.22 bits per heavy atom. The Labute approximate surface area is 159 Å². The molecule has 6 heteroatoms. The number of carbonyl (C=O) groups is 1. The van der Waals surface area contributed by atoms with E-state index in [0.29, 0.717) is 23.5 Å². The van der Waals surface area contributed by atoms with Gasteiger partial charge in [-0.3, -0.25) is 4.79 Å². The minimum atomic E-state index is -0.323. The number of nitrogens with zero attached hydrogens (tertiary/aromatic N) is 1. The van der Waals surface area contributed by atoms with Gasteiger partial charge in [-0.2, -0.15) is 0 Å². The quantitative estimate of drug-likeness (QED) is 0.512. The molecule has 0 spiro atoms. The van der Waals surface area contributed by atoms with Crippen LogP contribution in [0.4, 0.5) is 21.5 Å². The Hall–Kier alpha value is -2.86. The lowest BCUT2D eigenvalue weighted by Gasteiger charge is -2.12. The fourth-order valence-corrected chi connectivity index (χ4v) is 3.09. The number of nitrogens with one attached hydrogen (secondary N) is 3. The van der Waals surface area contributed by atoms with Gasteiger partial charge < -0.3 is 20.9 Å². The molecule has 0 radical (unpaired) electrons. The van der Waals surface area contributed by atoms with Crippen molar-refractivity contribution >= 4 is 28.5 Å². The lowest BCUT2D eigenvalue weighted by molar-refractivity contribution is -0.110. The third-order valence-electron chi connectivity index (χ3n) is 4.48. The van der Waals surface area contributed by atoms with Gasteiger partial charge in [0.05, 0.1) is 11.3 Å². The molecule has 3 N–H and O–H groups in total. The van der Waals surface area contributed by atoms with Crippen molar-refractivity contribution in [2.45, 2.75) is 13.3 Å². The summed E-state index contributed by atoms with van der Waals surface area (Å²) >= 11 is 0. The minimum absolute atomic E-state index is 0.161. The second-order valence-electron chi connectivity index (χ2n) is 6.93. The molecular weight excluding hydrogens is 343 g/mol. The van der Waals surface area contributed by atoms with Crippen LogP contribution in [0.25, 0.3) is 5.57 Å². The number of halogens is 1. The number of carbonyl (C=O) groups excluding carboxylic acids is 1. The molecule has 142 valence electrons. The van der Waals surface area contributed by atoms with E-state index in [9.17, 15) is 9.18 Å². The zero-order chi connectivity index (χ0) is 19.4. The topological polar surface area (TPSA) is 56.4 Å². The SMILES string of the molecule is Cc1cccc2c1C(=CNc1ccc(NCCCN(C)C)c(F)c1)C(=O)N2. The van der Waals surface area contributed by atoms with Crippen LogP contribution in [-0.4, -0.2) is 38.0 Å². The molecule has 1 aliphatic heterocycles. The predicted octanol–water partition coefficient (Wildman–Crippen LogP) is 3.90. The van der Waals surface area contributed by atoms with Crippen LogP contribution in [-0.2, 0) is 4.79 Å². The first-order valence-corrected chi connectivity index (χ1v) is 9.02. The number of anilines is 3. The molecule has 5 nitrogen and oxygen atoms in total. The summed E-state index contributed by atoms with van der Waals surface area (Å²) in [5.41, 5.74) is 4.32. The molecule has 0 aliphatic carbocycles. The molecule has 0 bridgehead atoms. The highest BCUT2D eigenvalue weighted by atomic mass is 19.1. The molecule has 0 atom stereocenters. The van der Waals surface area contributed by atoms with Crippen molar-refractivity contribution in [1.82, 2.24) is 4.90 Å². The van der Waals surface area contributed by atoms with Crippen molar-refractivity contribution in [3.63, 3.8) is 0 Å². The van der Waals surface area contributed by atoms with Gasteiger partial charge in [0.25, 0.3) is 5.91 Å². The number of aryl methyl sites for hydroxylation is 1. The monoisotopic (exact) mass is 368 g/mol. The van der Waals surface area contributed by atoms with Crippen LogP contribution in [0.5, 0.6) is 0 Å². The summed E-state index contributed by atoms with van der Waals surface area (Å²) in [4.78, 5) is 14.3. The van der Waals surface area contributed by atoms with Gasteiger partial charge in [0.1, 0.15) is 5.82 Å². The first-order chi connectivity index (χ1) is 13.0. The van der Waals surface area contributed by atoms with E-state index in [1.165, 1.54) is 6.07 Å². The minimum Gasteiger partial charge on any atom is -0.383 e. The van der Waals surface area contributed by atoms with Gasteiger partial charge >= 0.3 is 0 Å². The van der Waals surface area contributed by atoms with Crippen molar-refractivity contribution in [3.05, 3.63) is 59.5 Å². The summed E-state index contributed by atoms with van der Waals surface area (Å²) in [6.07, 6.45) is 2.57. The van der Waals surface area contributed by atoms with Crippen molar-refractivity contribution in [2.24, 2.45) is 0 Å². The van der Waals surface area contributed by atoms with E-state index in [1.807, 2.05) is 39.2 Å². The second kappa shape index (κ2) is 8.22. The Morgan fingerprint density at radius 3 is 2.78 bits per heavy atom. The Balaban J connectivity index is 1.68. The van der Waals surface area contributed by atoms with Crippen LogP contribution < -0.4 is 16.0 Å². The summed E-state index contributed by atoms with van der Waals surface area (Å²) in [5, 5.41) is 9.00. The average molecular weight is 368 g/mol. The van der Waals surface area contributed by atoms with E-state index in [1.54, 1.807) is 18.3 Å². The van der Waals surface area contributed by atoms with Gasteiger partial charge in [0.2, 0.25) is 0 Å². The highest BCUT2D eigenvalue weighted by molar-refractivity contribution is 6.32. The normalized spacial score (nSPS) is 14.4. The Kier molecular flexibility index (Phi) is 5.76. The van der Waals surface area contributed by atoms with E-state index >= 15 is 0 Å². The maximum atomic E-state index is 14.3. The second-order valence-corrected chi connectivity index (χ2v) is 6.93. The maximum Gasteiger partial charge on any atom is 0.257 e. The number of rotatable bonds is 7. The standard InChI is InChI=1S/C21H25FN4O/c1-14-6-4-7-19-20(14)16(21(27)25-19)13-24-15-8-9-18(17(22)12-15)23-10-5-11-26(2)3/h4,6-9,12-13,23-24H,5,10-11H2,1-3H3,(H,25,27). The molecule has 1 heterocycles. The molecule has 2 aromatic rings. The molecule has 0 aromatic heterocycles. The highest BCUT2D eigenvalue weighted by Gasteiger charge is 2.25. The predicted molar refractivity (Wildman–Crippen MR) is 109 cm³/mol. The molecular formula is C21H25FN4O. The third kappa shape index (κ3) is 4.46. The summed E-state index contributed by atoms with van der Waals surface area (Å²) in [7, 11) is 4.03. The van der Waals surface area contributed by atoms with E-state index < -0.39 is 0 Å². The lowest BCUT2D eigenvalue weighted by atomic mass is 10.0. The van der Waals surface area contributed by atoms with Crippen molar-refractivity contribution in [1.29, 1.82) is 0 Å². The van der Waals surface area contributed by atoms with E-state index in [0.717, 1.165) is 29.8 Å². The van der Waals surface area contributed by atoms with Crippen LogP contribution in [0.2, 0.25) is 0 Å². The Morgan fingerprint density at radius 2 is 2.04 bits per heavy atom. The highest BCUT2D eigenvalue weighted by Crippen LogP contribution is 2.34. The zero-order valence-corrected chi connectivity index (χ0v) is 15.9. The molecule has 2 aromatic carbocycles. The summed E-state index contributed by atoms with van der Waals surface area (Å²) in [6, 6.07) is 10.7. The molecule has 1 aliphatic rings. The Bertz CT molecular complexity index is 876. The molecule has 0 unspecified atom stereocenters. The maximum absolute atomic E-state index is 14.3. The largest absolute Gasteiger partial charge is 0.383 e. The first kappa shape index (κ1) is 18.9. The fourth-order valence-electron chi connectivity index (χ4n) is 3.09. The van der Waals surface area contributed by atoms with Crippen LogP contribution in [0, 0.1) is 12.7 Å². The number of fused-ring (bicyclic) bond motifs is 1. The molecule has 0 saturated carbocycles. The molecule has 1 amide bonds. The summed E-state index contributed by atoms with van der Waals surface area (Å²) in [5.74, 6) is -0.484. The zero-order valence-electron chi connectivity index (χ0n) is 15.9.